The zero-order valence-electron chi connectivity index (χ0n) is 40.1. The molecule has 14 rings (SSSR count). The Balaban J connectivity index is 0.000000141. The predicted molar refractivity (Wildman–Crippen MR) is 243 cm³/mol. The van der Waals surface area contributed by atoms with E-state index in [1.54, 1.807) is 21.1 Å². The number of hydrogen-bond acceptors (Lipinski definition) is 12. The fraction of sp³-hybridized carbons (Fsp3) is 0.759. The minimum atomic E-state index is -0.674. The third kappa shape index (κ3) is 9.70. The Bertz CT molecular complexity index is 1860. The fourth-order valence-corrected chi connectivity index (χ4v) is 14.5. The van der Waals surface area contributed by atoms with Crippen LogP contribution >= 0.6 is 0 Å². The SMILES string of the molecule is CCC(=O)OCc1ccc(OC2CCCC3(C2)OOC2(O3)C3CC4CC(C3)CC2C4)cc1.CCCc1ccc(OC2CCCC3(C2)OOC2(O3)C3CC4CC(C3)CC2C4)cc1.COCOC. The molecule has 2 aromatic carbocycles. The lowest BCUT2D eigenvalue weighted by atomic mass is 9.53. The van der Waals surface area contributed by atoms with Crippen LogP contribution in [0.5, 0.6) is 11.5 Å². The van der Waals surface area contributed by atoms with Crippen molar-refractivity contribution in [1.29, 1.82) is 0 Å². The Morgan fingerprint density at radius 3 is 1.38 bits per heavy atom. The highest BCUT2D eigenvalue weighted by atomic mass is 17.3. The highest BCUT2D eigenvalue weighted by Crippen LogP contribution is 2.65. The summed E-state index contributed by atoms with van der Waals surface area (Å²) < 4.78 is 40.5. The standard InChI is InChI=1S/C26H34O6.C25H34O4.C3H8O2/c1-2-24(27)28-16-17-5-7-22(8-6-17)29-23-4-3-9-25(15-23)30-26(32-31-25)20-11-18-10-19(13-20)14-21(26)12-18;1-2-4-17-6-8-22(9-7-17)26-23-5-3-10-24(16-23)27-25(29-28-24)20-12-18-11-19(14-20)15-21(25)13-18;1-4-3-5-2/h5-8,18-21,23H,2-4,9-16H2,1H3;6-9,18-21,23H,2-5,10-16H2,1H3;3H2,1-2H3. The van der Waals surface area contributed by atoms with Gasteiger partial charge in [0, 0.05) is 70.0 Å². The molecule has 2 aliphatic heterocycles. The molecule has 10 aliphatic carbocycles. The van der Waals surface area contributed by atoms with Gasteiger partial charge in [0.25, 0.3) is 0 Å². The second-order valence-corrected chi connectivity index (χ2v) is 21.8. The van der Waals surface area contributed by atoms with Crippen LogP contribution in [0, 0.1) is 47.3 Å². The van der Waals surface area contributed by atoms with E-state index in [4.69, 9.17) is 43.2 Å². The number of carbonyl (C=O) groups is 1. The van der Waals surface area contributed by atoms with Crippen LogP contribution in [0.25, 0.3) is 0 Å². The number of rotatable bonds is 11. The highest BCUT2D eigenvalue weighted by molar-refractivity contribution is 5.68. The first kappa shape index (κ1) is 46.9. The van der Waals surface area contributed by atoms with Crippen molar-refractivity contribution in [3.63, 3.8) is 0 Å². The van der Waals surface area contributed by atoms with Gasteiger partial charge in [-0.15, -0.1) is 0 Å². The first-order valence-electron chi connectivity index (χ1n) is 25.9. The predicted octanol–water partition coefficient (Wildman–Crippen LogP) is 11.3. The Kier molecular flexibility index (Phi) is 14.1. The van der Waals surface area contributed by atoms with Crippen molar-refractivity contribution >= 4 is 5.97 Å². The lowest BCUT2D eigenvalue weighted by Crippen LogP contribution is -2.59. The average molecular weight is 917 g/mol. The Morgan fingerprint density at radius 1 is 0.576 bits per heavy atom. The zero-order chi connectivity index (χ0) is 45.4. The van der Waals surface area contributed by atoms with Gasteiger partial charge in [0.15, 0.2) is 0 Å². The molecular weight excluding hydrogens is 841 g/mol. The van der Waals surface area contributed by atoms with E-state index >= 15 is 0 Å². The Labute approximate surface area is 392 Å². The summed E-state index contributed by atoms with van der Waals surface area (Å²) in [4.78, 5) is 35.8. The molecule has 12 nitrogen and oxygen atoms in total. The highest BCUT2D eigenvalue weighted by Gasteiger charge is 2.68. The molecule has 2 heterocycles. The molecule has 2 saturated heterocycles. The molecule has 10 saturated carbocycles. The van der Waals surface area contributed by atoms with Gasteiger partial charge >= 0.3 is 5.97 Å². The van der Waals surface area contributed by atoms with Crippen LogP contribution in [0.3, 0.4) is 0 Å². The summed E-state index contributed by atoms with van der Waals surface area (Å²) in [6.45, 7) is 4.69. The third-order valence-electron chi connectivity index (χ3n) is 17.1. The fourth-order valence-electron chi connectivity index (χ4n) is 14.5. The molecule has 8 bridgehead atoms. The molecule has 4 atom stereocenters. The maximum Gasteiger partial charge on any atom is 0.305 e. The van der Waals surface area contributed by atoms with Gasteiger partial charge in [-0.25, -0.2) is 0 Å². The van der Waals surface area contributed by atoms with Gasteiger partial charge in [-0.05, 0) is 155 Å². The molecule has 0 N–H and O–H groups in total. The molecule has 0 amide bonds. The molecular formula is C54H76O12. The van der Waals surface area contributed by atoms with Crippen molar-refractivity contribution in [3.8, 4) is 11.5 Å². The zero-order valence-corrected chi connectivity index (χ0v) is 40.1. The van der Waals surface area contributed by atoms with Crippen LogP contribution in [-0.4, -0.2) is 62.3 Å². The van der Waals surface area contributed by atoms with Gasteiger partial charge in [-0.1, -0.05) is 44.5 Å². The van der Waals surface area contributed by atoms with E-state index in [2.05, 4.69) is 40.7 Å². The van der Waals surface area contributed by atoms with Crippen LogP contribution in [0.1, 0.15) is 153 Å². The number of carbonyl (C=O) groups excluding carboxylic acids is 1. The van der Waals surface area contributed by atoms with Crippen LogP contribution < -0.4 is 9.47 Å². The van der Waals surface area contributed by atoms with Gasteiger partial charge in [-0.3, -0.25) is 4.79 Å². The smallest absolute Gasteiger partial charge is 0.305 e. The van der Waals surface area contributed by atoms with Crippen LogP contribution in [0.15, 0.2) is 48.5 Å². The second kappa shape index (κ2) is 19.9. The topological polar surface area (TPSA) is 119 Å². The molecule has 4 spiro atoms. The number of esters is 1. The molecule has 4 unspecified atom stereocenters. The van der Waals surface area contributed by atoms with E-state index in [9.17, 15) is 4.79 Å². The van der Waals surface area contributed by atoms with E-state index in [-0.39, 0.29) is 18.2 Å². The molecule has 12 fully saturated rings. The summed E-state index contributed by atoms with van der Waals surface area (Å²) in [6, 6.07) is 16.4. The molecule has 66 heavy (non-hydrogen) atoms. The van der Waals surface area contributed by atoms with Crippen molar-refractivity contribution in [2.24, 2.45) is 47.3 Å². The minimum Gasteiger partial charge on any atom is -0.490 e. The van der Waals surface area contributed by atoms with E-state index < -0.39 is 23.1 Å². The van der Waals surface area contributed by atoms with Gasteiger partial charge in [0.2, 0.25) is 23.1 Å². The average Bonchev–Trinajstić information content (AvgIpc) is 3.87. The molecule has 12 aliphatic rings. The third-order valence-corrected chi connectivity index (χ3v) is 17.1. The lowest BCUT2D eigenvalue weighted by molar-refractivity contribution is -0.390. The van der Waals surface area contributed by atoms with Crippen molar-refractivity contribution in [3.05, 3.63) is 59.7 Å². The summed E-state index contributed by atoms with van der Waals surface area (Å²) in [5.41, 5.74) is 2.33. The first-order valence-corrected chi connectivity index (χ1v) is 25.9. The van der Waals surface area contributed by atoms with Gasteiger partial charge in [0.05, 0.1) is 0 Å². The number of aryl methyl sites for hydroxylation is 1. The van der Waals surface area contributed by atoms with E-state index in [0.717, 1.165) is 92.1 Å². The summed E-state index contributed by atoms with van der Waals surface area (Å²) >= 11 is 0. The number of benzene rings is 2. The Morgan fingerprint density at radius 2 is 1.00 bits per heavy atom. The normalized spacial score (nSPS) is 40.9. The van der Waals surface area contributed by atoms with Crippen LogP contribution in [0.4, 0.5) is 0 Å². The van der Waals surface area contributed by atoms with Gasteiger partial charge in [0.1, 0.15) is 37.1 Å². The summed E-state index contributed by atoms with van der Waals surface area (Å²) in [6.07, 6.45) is 22.9. The summed E-state index contributed by atoms with van der Waals surface area (Å²) in [5, 5.41) is 0. The lowest BCUT2D eigenvalue weighted by Gasteiger charge is -2.57. The number of hydrogen-bond donors (Lipinski definition) is 0. The maximum atomic E-state index is 11.4. The van der Waals surface area contributed by atoms with E-state index in [1.165, 1.54) is 76.2 Å². The van der Waals surface area contributed by atoms with Crippen molar-refractivity contribution in [2.45, 2.75) is 191 Å². The van der Waals surface area contributed by atoms with E-state index in [0.29, 0.717) is 49.9 Å². The van der Waals surface area contributed by atoms with Gasteiger partial charge in [-0.2, -0.15) is 19.6 Å². The molecule has 364 valence electrons. The summed E-state index contributed by atoms with van der Waals surface area (Å²) in [7, 11) is 3.17. The van der Waals surface area contributed by atoms with Crippen molar-refractivity contribution < 1.29 is 57.5 Å². The molecule has 0 radical (unpaired) electrons. The monoisotopic (exact) mass is 917 g/mol. The number of methoxy groups -OCH3 is 2. The minimum absolute atomic E-state index is 0.0307. The van der Waals surface area contributed by atoms with E-state index in [1.807, 2.05) is 24.3 Å². The van der Waals surface area contributed by atoms with Crippen LogP contribution in [0.2, 0.25) is 0 Å². The van der Waals surface area contributed by atoms with Crippen molar-refractivity contribution in [2.75, 3.05) is 21.0 Å². The number of ether oxygens (including phenoxy) is 7. The largest absolute Gasteiger partial charge is 0.490 e. The maximum absolute atomic E-state index is 11.4. The molecule has 12 heteroatoms. The first-order chi connectivity index (χ1) is 32.1. The van der Waals surface area contributed by atoms with Crippen molar-refractivity contribution in [1.82, 2.24) is 0 Å². The molecule has 0 aromatic heterocycles. The second-order valence-electron chi connectivity index (χ2n) is 21.8. The van der Waals surface area contributed by atoms with Crippen LogP contribution in [-0.2, 0) is 61.1 Å². The molecule has 2 aromatic rings. The van der Waals surface area contributed by atoms with Gasteiger partial charge < -0.3 is 33.2 Å². The quantitative estimate of drug-likeness (QED) is 0.121. The Hall–Kier alpha value is -2.81. The summed E-state index contributed by atoms with van der Waals surface area (Å²) in [5.74, 6) is 4.82.